The monoisotopic (exact) mass is 302 g/mol. The van der Waals surface area contributed by atoms with Crippen LogP contribution >= 0.6 is 0 Å². The van der Waals surface area contributed by atoms with E-state index in [2.05, 4.69) is 9.82 Å². The van der Waals surface area contributed by atoms with Crippen LogP contribution in [0.25, 0.3) is 0 Å². The van der Waals surface area contributed by atoms with E-state index in [0.29, 0.717) is 24.5 Å². The number of sulfonamides is 1. The fourth-order valence-corrected chi connectivity index (χ4v) is 3.92. The van der Waals surface area contributed by atoms with E-state index in [0.717, 1.165) is 12.8 Å². The van der Waals surface area contributed by atoms with E-state index in [4.69, 9.17) is 5.73 Å². The van der Waals surface area contributed by atoms with Crippen LogP contribution in [0.2, 0.25) is 0 Å². The lowest BCUT2D eigenvalue weighted by atomic mass is 9.83. The molecule has 0 atom stereocenters. The highest BCUT2D eigenvalue weighted by atomic mass is 32.2. The van der Waals surface area contributed by atoms with Gasteiger partial charge in [-0.15, -0.1) is 0 Å². The summed E-state index contributed by atoms with van der Waals surface area (Å²) in [6, 6.07) is 0. The summed E-state index contributed by atoms with van der Waals surface area (Å²) in [5, 5.41) is 4.15. The first-order valence-corrected chi connectivity index (χ1v) is 8.41. The Bertz CT molecular complexity index is 551. The molecule has 1 rings (SSSR count). The summed E-state index contributed by atoms with van der Waals surface area (Å²) in [6.07, 6.45) is 1.68. The van der Waals surface area contributed by atoms with Gasteiger partial charge in [-0.25, -0.2) is 13.1 Å². The average molecular weight is 302 g/mol. The van der Waals surface area contributed by atoms with Gasteiger partial charge in [0.15, 0.2) is 0 Å². The van der Waals surface area contributed by atoms with E-state index < -0.39 is 10.0 Å². The van der Waals surface area contributed by atoms with Gasteiger partial charge in [0.1, 0.15) is 4.90 Å². The average Bonchev–Trinajstić information content (AvgIpc) is 2.66. The van der Waals surface area contributed by atoms with Crippen LogP contribution in [0.5, 0.6) is 0 Å². The maximum atomic E-state index is 12.5. The van der Waals surface area contributed by atoms with Gasteiger partial charge in [-0.05, 0) is 38.6 Å². The smallest absolute Gasteiger partial charge is 0.244 e. The SMILES string of the molecule is CCC(CC)(CN)CNS(=O)(=O)c1c(C)nn(C)c1C. The van der Waals surface area contributed by atoms with Crippen LogP contribution in [0.15, 0.2) is 4.90 Å². The molecule has 1 aromatic heterocycles. The lowest BCUT2D eigenvalue weighted by Gasteiger charge is -2.30. The predicted octanol–water partition coefficient (Wildman–Crippen LogP) is 1.08. The van der Waals surface area contributed by atoms with Crippen molar-refractivity contribution in [3.63, 3.8) is 0 Å². The van der Waals surface area contributed by atoms with Gasteiger partial charge >= 0.3 is 0 Å². The Morgan fingerprint density at radius 2 is 1.85 bits per heavy atom. The van der Waals surface area contributed by atoms with E-state index in [1.54, 1.807) is 25.6 Å². The number of nitrogens with two attached hydrogens (primary N) is 1. The number of aryl methyl sites for hydroxylation is 2. The van der Waals surface area contributed by atoms with Crippen molar-refractivity contribution >= 4 is 10.0 Å². The topological polar surface area (TPSA) is 90.0 Å². The first-order valence-electron chi connectivity index (χ1n) is 6.93. The lowest BCUT2D eigenvalue weighted by Crippen LogP contribution is -2.42. The summed E-state index contributed by atoms with van der Waals surface area (Å²) in [7, 11) is -1.81. The quantitative estimate of drug-likeness (QED) is 0.788. The van der Waals surface area contributed by atoms with E-state index in [1.165, 1.54) is 0 Å². The lowest BCUT2D eigenvalue weighted by molar-refractivity contribution is 0.275. The van der Waals surface area contributed by atoms with Gasteiger partial charge < -0.3 is 5.73 Å². The van der Waals surface area contributed by atoms with Gasteiger partial charge in [0, 0.05) is 13.6 Å². The normalized spacial score (nSPS) is 12.9. The van der Waals surface area contributed by atoms with Gasteiger partial charge in [0.25, 0.3) is 0 Å². The van der Waals surface area contributed by atoms with E-state index in [-0.39, 0.29) is 10.3 Å². The van der Waals surface area contributed by atoms with Crippen molar-refractivity contribution in [2.75, 3.05) is 13.1 Å². The standard InChI is InChI=1S/C13H26N4O2S/c1-6-13(7-2,8-14)9-15-20(18,19)12-10(3)16-17(5)11(12)4/h15H,6-9,14H2,1-5H3. The second kappa shape index (κ2) is 6.24. The predicted molar refractivity (Wildman–Crippen MR) is 79.9 cm³/mol. The van der Waals surface area contributed by atoms with Crippen molar-refractivity contribution in [1.82, 2.24) is 14.5 Å². The molecule has 0 bridgehead atoms. The van der Waals surface area contributed by atoms with Crippen molar-refractivity contribution in [2.45, 2.75) is 45.4 Å². The van der Waals surface area contributed by atoms with E-state index in [9.17, 15) is 8.42 Å². The molecule has 0 aromatic carbocycles. The number of nitrogens with zero attached hydrogens (tertiary/aromatic N) is 2. The first kappa shape index (κ1) is 17.1. The van der Waals surface area contributed by atoms with Gasteiger partial charge in [-0.3, -0.25) is 4.68 Å². The fraction of sp³-hybridized carbons (Fsp3) is 0.769. The Balaban J connectivity index is 3.02. The van der Waals surface area contributed by atoms with Crippen LogP contribution < -0.4 is 10.5 Å². The first-order chi connectivity index (χ1) is 9.23. The highest BCUT2D eigenvalue weighted by Gasteiger charge is 2.29. The zero-order valence-corrected chi connectivity index (χ0v) is 13.8. The maximum Gasteiger partial charge on any atom is 0.244 e. The Morgan fingerprint density at radius 1 is 1.30 bits per heavy atom. The largest absolute Gasteiger partial charge is 0.330 e. The summed E-state index contributed by atoms with van der Waals surface area (Å²) in [5.74, 6) is 0. The molecule has 0 aliphatic carbocycles. The van der Waals surface area contributed by atoms with Crippen LogP contribution in [0.4, 0.5) is 0 Å². The third-order valence-corrected chi connectivity index (χ3v) is 5.93. The molecule has 0 amide bonds. The molecule has 20 heavy (non-hydrogen) atoms. The van der Waals surface area contributed by atoms with Gasteiger partial charge in [-0.1, -0.05) is 13.8 Å². The maximum absolute atomic E-state index is 12.5. The number of rotatable bonds is 7. The molecule has 0 saturated carbocycles. The molecule has 0 unspecified atom stereocenters. The minimum Gasteiger partial charge on any atom is -0.330 e. The summed E-state index contributed by atoms with van der Waals surface area (Å²) < 4.78 is 29.2. The van der Waals surface area contributed by atoms with Gasteiger partial charge in [0.05, 0.1) is 11.4 Å². The van der Waals surface area contributed by atoms with Crippen LogP contribution in [-0.4, -0.2) is 31.3 Å². The molecular formula is C13H26N4O2S. The molecule has 1 aromatic rings. The van der Waals surface area contributed by atoms with Crippen LogP contribution in [-0.2, 0) is 17.1 Å². The van der Waals surface area contributed by atoms with E-state index >= 15 is 0 Å². The Hall–Kier alpha value is -0.920. The van der Waals surface area contributed by atoms with Crippen molar-refractivity contribution in [3.8, 4) is 0 Å². The molecular weight excluding hydrogens is 276 g/mol. The molecule has 0 aliphatic heterocycles. The Morgan fingerprint density at radius 3 is 2.20 bits per heavy atom. The molecule has 7 heteroatoms. The third-order valence-electron chi connectivity index (χ3n) is 4.28. The number of hydrogen-bond donors (Lipinski definition) is 2. The Kier molecular flexibility index (Phi) is 5.34. The fourth-order valence-electron chi connectivity index (χ4n) is 2.32. The minimum absolute atomic E-state index is 0.183. The summed E-state index contributed by atoms with van der Waals surface area (Å²) in [6.45, 7) is 8.35. The van der Waals surface area contributed by atoms with Crippen molar-refractivity contribution in [3.05, 3.63) is 11.4 Å². The second-order valence-corrected chi connectivity index (χ2v) is 7.06. The van der Waals surface area contributed by atoms with Crippen molar-refractivity contribution < 1.29 is 8.42 Å². The van der Waals surface area contributed by atoms with Crippen molar-refractivity contribution in [1.29, 1.82) is 0 Å². The molecule has 0 saturated heterocycles. The van der Waals surface area contributed by atoms with Crippen LogP contribution in [0, 0.1) is 19.3 Å². The molecule has 0 radical (unpaired) electrons. The number of nitrogens with one attached hydrogen (secondary N) is 1. The molecule has 0 spiro atoms. The van der Waals surface area contributed by atoms with Crippen molar-refractivity contribution in [2.24, 2.45) is 18.2 Å². The minimum atomic E-state index is -3.55. The molecule has 6 nitrogen and oxygen atoms in total. The molecule has 1 heterocycles. The molecule has 3 N–H and O–H groups in total. The zero-order valence-electron chi connectivity index (χ0n) is 13.0. The van der Waals surface area contributed by atoms with Crippen LogP contribution in [0.3, 0.4) is 0 Å². The highest BCUT2D eigenvalue weighted by molar-refractivity contribution is 7.89. The highest BCUT2D eigenvalue weighted by Crippen LogP contribution is 2.25. The van der Waals surface area contributed by atoms with Gasteiger partial charge in [-0.2, -0.15) is 5.10 Å². The summed E-state index contributed by atoms with van der Waals surface area (Å²) in [5.41, 5.74) is 6.78. The molecule has 0 aliphatic rings. The second-order valence-electron chi connectivity index (χ2n) is 5.36. The summed E-state index contributed by atoms with van der Waals surface area (Å²) >= 11 is 0. The van der Waals surface area contributed by atoms with Gasteiger partial charge in [0.2, 0.25) is 10.0 Å². The summed E-state index contributed by atoms with van der Waals surface area (Å²) in [4.78, 5) is 0.276. The molecule has 116 valence electrons. The third kappa shape index (κ3) is 3.21. The van der Waals surface area contributed by atoms with E-state index in [1.807, 2.05) is 13.8 Å². The number of hydrogen-bond acceptors (Lipinski definition) is 4. The Labute approximate surface area is 121 Å². The molecule has 0 fully saturated rings. The number of aromatic nitrogens is 2. The van der Waals surface area contributed by atoms with Crippen LogP contribution in [0.1, 0.15) is 38.1 Å². The zero-order chi connectivity index (χ0) is 15.6.